The second-order valence-corrected chi connectivity index (χ2v) is 3.08. The summed E-state index contributed by atoms with van der Waals surface area (Å²) in [5, 5.41) is 0. The molecule has 0 amide bonds. The predicted octanol–water partition coefficient (Wildman–Crippen LogP) is 1.72. The molecule has 0 N–H and O–H groups in total. The van der Waals surface area contributed by atoms with Gasteiger partial charge in [-0.05, 0) is 27.2 Å². The molecule has 3 nitrogen and oxygen atoms in total. The van der Waals surface area contributed by atoms with Crippen LogP contribution in [0.3, 0.4) is 0 Å². The molecule has 3 heteroatoms. The van der Waals surface area contributed by atoms with Crippen molar-refractivity contribution in [2.75, 3.05) is 6.61 Å². The first kappa shape index (κ1) is 11.9. The number of hydrogen-bond acceptors (Lipinski definition) is 3. The van der Waals surface area contributed by atoms with Crippen LogP contribution in [0.15, 0.2) is 12.2 Å². The molecule has 13 heavy (non-hydrogen) atoms. The van der Waals surface area contributed by atoms with E-state index in [-0.39, 0.29) is 5.78 Å². The average Bonchev–Trinajstić information content (AvgIpc) is 1.99. The number of ketones is 1. The van der Waals surface area contributed by atoms with Crippen LogP contribution < -0.4 is 0 Å². The summed E-state index contributed by atoms with van der Waals surface area (Å²) in [6, 6.07) is 0. The molecule has 0 bridgehead atoms. The van der Waals surface area contributed by atoms with Crippen molar-refractivity contribution in [3.8, 4) is 0 Å². The number of hydrogen-bond donors (Lipinski definition) is 0. The van der Waals surface area contributed by atoms with E-state index in [1.807, 2.05) is 0 Å². The third-order valence-corrected chi connectivity index (χ3v) is 1.61. The quantitative estimate of drug-likeness (QED) is 0.371. The van der Waals surface area contributed by atoms with E-state index in [9.17, 15) is 9.59 Å². The molecule has 0 fully saturated rings. The van der Waals surface area contributed by atoms with Crippen molar-refractivity contribution < 1.29 is 14.3 Å². The molecule has 0 aliphatic heterocycles. The molecular formula is C10H16O3. The maximum atomic E-state index is 11.2. The SMILES string of the molecule is C=C(C)C[C@@H](C(C)=O)C(=O)OCC. The van der Waals surface area contributed by atoms with Crippen LogP contribution in [0.25, 0.3) is 0 Å². The molecule has 0 saturated heterocycles. The van der Waals surface area contributed by atoms with Gasteiger partial charge in [0.2, 0.25) is 0 Å². The van der Waals surface area contributed by atoms with E-state index < -0.39 is 11.9 Å². The summed E-state index contributed by atoms with van der Waals surface area (Å²) in [5.74, 6) is -1.28. The minimum atomic E-state index is -0.669. The third kappa shape index (κ3) is 4.45. The smallest absolute Gasteiger partial charge is 0.316 e. The molecule has 0 aliphatic rings. The maximum Gasteiger partial charge on any atom is 0.316 e. The van der Waals surface area contributed by atoms with Crippen LogP contribution in [0.1, 0.15) is 27.2 Å². The molecule has 0 aromatic heterocycles. The maximum absolute atomic E-state index is 11.2. The van der Waals surface area contributed by atoms with Crippen LogP contribution in [0.5, 0.6) is 0 Å². The molecule has 0 aromatic carbocycles. The fraction of sp³-hybridized carbons (Fsp3) is 0.600. The summed E-state index contributed by atoms with van der Waals surface area (Å²) in [6.45, 7) is 8.86. The summed E-state index contributed by atoms with van der Waals surface area (Å²) in [5.41, 5.74) is 0.813. The standard InChI is InChI=1S/C10H16O3/c1-5-13-10(12)9(8(4)11)6-7(2)3/h9H,2,5-6H2,1,3-4H3/t9-/m0/s1. The topological polar surface area (TPSA) is 43.4 Å². The fourth-order valence-electron chi connectivity index (χ4n) is 0.984. The molecule has 0 heterocycles. The third-order valence-electron chi connectivity index (χ3n) is 1.61. The Balaban J connectivity index is 4.32. The number of ether oxygens (including phenoxy) is 1. The van der Waals surface area contributed by atoms with Gasteiger partial charge in [0.05, 0.1) is 6.61 Å². The molecular weight excluding hydrogens is 168 g/mol. The van der Waals surface area contributed by atoms with E-state index in [0.29, 0.717) is 13.0 Å². The number of esters is 1. The highest BCUT2D eigenvalue weighted by molar-refractivity contribution is 5.97. The first-order valence-corrected chi connectivity index (χ1v) is 4.30. The summed E-state index contributed by atoms with van der Waals surface area (Å²) in [6.07, 6.45) is 0.383. The fourth-order valence-corrected chi connectivity index (χ4v) is 0.984. The van der Waals surface area contributed by atoms with Gasteiger partial charge in [0.25, 0.3) is 0 Å². The Morgan fingerprint density at radius 2 is 1.92 bits per heavy atom. The first-order chi connectivity index (χ1) is 5.99. The highest BCUT2D eigenvalue weighted by atomic mass is 16.5. The Labute approximate surface area is 78.8 Å². The molecule has 74 valence electrons. The van der Waals surface area contributed by atoms with Crippen molar-refractivity contribution in [1.29, 1.82) is 0 Å². The van der Waals surface area contributed by atoms with Crippen molar-refractivity contribution in [2.45, 2.75) is 27.2 Å². The van der Waals surface area contributed by atoms with E-state index >= 15 is 0 Å². The highest BCUT2D eigenvalue weighted by Gasteiger charge is 2.24. The lowest BCUT2D eigenvalue weighted by atomic mass is 9.97. The Morgan fingerprint density at radius 1 is 1.38 bits per heavy atom. The van der Waals surface area contributed by atoms with E-state index in [2.05, 4.69) is 6.58 Å². The summed E-state index contributed by atoms with van der Waals surface area (Å²) < 4.78 is 4.77. The summed E-state index contributed by atoms with van der Waals surface area (Å²) in [7, 11) is 0. The van der Waals surface area contributed by atoms with Crippen molar-refractivity contribution in [2.24, 2.45) is 5.92 Å². The number of allylic oxidation sites excluding steroid dienone is 1. The van der Waals surface area contributed by atoms with Gasteiger partial charge in [-0.1, -0.05) is 5.57 Å². The number of carbonyl (C=O) groups excluding carboxylic acids is 2. The second-order valence-electron chi connectivity index (χ2n) is 3.08. The van der Waals surface area contributed by atoms with E-state index in [1.165, 1.54) is 6.92 Å². The molecule has 0 aromatic rings. The molecule has 0 spiro atoms. The van der Waals surface area contributed by atoms with E-state index in [1.54, 1.807) is 13.8 Å². The van der Waals surface area contributed by atoms with Crippen molar-refractivity contribution in [3.63, 3.8) is 0 Å². The lowest BCUT2D eigenvalue weighted by Crippen LogP contribution is -2.24. The zero-order chi connectivity index (χ0) is 10.4. The van der Waals surface area contributed by atoms with Crippen molar-refractivity contribution >= 4 is 11.8 Å². The van der Waals surface area contributed by atoms with Crippen LogP contribution in [0.2, 0.25) is 0 Å². The second kappa shape index (κ2) is 5.51. The lowest BCUT2D eigenvalue weighted by molar-refractivity contribution is -0.151. The number of Topliss-reactive ketones (excluding diaryl/α,β-unsaturated/α-hetero) is 1. The van der Waals surface area contributed by atoms with E-state index in [0.717, 1.165) is 5.57 Å². The Kier molecular flexibility index (Phi) is 5.04. The molecule has 0 unspecified atom stereocenters. The van der Waals surface area contributed by atoms with Crippen molar-refractivity contribution in [1.82, 2.24) is 0 Å². The largest absolute Gasteiger partial charge is 0.465 e. The van der Waals surface area contributed by atoms with Crippen LogP contribution in [0, 0.1) is 5.92 Å². The zero-order valence-corrected chi connectivity index (χ0v) is 8.42. The van der Waals surface area contributed by atoms with Gasteiger partial charge >= 0.3 is 5.97 Å². The Morgan fingerprint density at radius 3 is 2.23 bits per heavy atom. The van der Waals surface area contributed by atoms with Gasteiger partial charge in [-0.3, -0.25) is 9.59 Å². The van der Waals surface area contributed by atoms with Gasteiger partial charge in [0, 0.05) is 0 Å². The molecule has 1 atom stereocenters. The predicted molar refractivity (Wildman–Crippen MR) is 50.2 cm³/mol. The first-order valence-electron chi connectivity index (χ1n) is 4.30. The highest BCUT2D eigenvalue weighted by Crippen LogP contribution is 2.12. The van der Waals surface area contributed by atoms with Gasteiger partial charge < -0.3 is 4.74 Å². The van der Waals surface area contributed by atoms with Gasteiger partial charge in [0.1, 0.15) is 11.7 Å². The van der Waals surface area contributed by atoms with Gasteiger partial charge in [-0.15, -0.1) is 6.58 Å². The van der Waals surface area contributed by atoms with Gasteiger partial charge in [-0.2, -0.15) is 0 Å². The normalized spacial score (nSPS) is 11.9. The molecule has 0 saturated carbocycles. The minimum Gasteiger partial charge on any atom is -0.465 e. The number of rotatable bonds is 5. The van der Waals surface area contributed by atoms with Gasteiger partial charge in [0.15, 0.2) is 0 Å². The lowest BCUT2D eigenvalue weighted by Gasteiger charge is -2.11. The molecule has 0 rings (SSSR count). The summed E-state index contributed by atoms with van der Waals surface area (Å²) in [4.78, 5) is 22.3. The molecule has 0 aliphatic carbocycles. The van der Waals surface area contributed by atoms with Gasteiger partial charge in [-0.25, -0.2) is 0 Å². The average molecular weight is 184 g/mol. The van der Waals surface area contributed by atoms with Crippen LogP contribution in [-0.2, 0) is 14.3 Å². The monoisotopic (exact) mass is 184 g/mol. The van der Waals surface area contributed by atoms with Crippen LogP contribution in [-0.4, -0.2) is 18.4 Å². The minimum absolute atomic E-state index is 0.165. The van der Waals surface area contributed by atoms with Crippen molar-refractivity contribution in [3.05, 3.63) is 12.2 Å². The number of carbonyl (C=O) groups is 2. The molecule has 0 radical (unpaired) electrons. The Bertz CT molecular complexity index is 218. The van der Waals surface area contributed by atoms with Crippen LogP contribution in [0.4, 0.5) is 0 Å². The van der Waals surface area contributed by atoms with E-state index in [4.69, 9.17) is 4.74 Å². The Hall–Kier alpha value is -1.12. The summed E-state index contributed by atoms with van der Waals surface area (Å²) >= 11 is 0. The van der Waals surface area contributed by atoms with Crippen LogP contribution >= 0.6 is 0 Å². The zero-order valence-electron chi connectivity index (χ0n) is 8.42.